The third-order valence-corrected chi connectivity index (χ3v) is 2.98. The molecule has 1 aromatic carbocycles. The van der Waals surface area contributed by atoms with Crippen molar-refractivity contribution >= 4 is 26.8 Å². The largest absolute Gasteiger partial charge is 0.319 e. The molecule has 0 aliphatic carbocycles. The number of halogens is 1. The molecule has 0 bridgehead atoms. The molecule has 15 heavy (non-hydrogen) atoms. The lowest BCUT2D eigenvalue weighted by molar-refractivity contribution is 0.770. The average molecular weight is 268 g/mol. The van der Waals surface area contributed by atoms with Gasteiger partial charge in [0.25, 0.3) is 0 Å². The van der Waals surface area contributed by atoms with Gasteiger partial charge in [0.2, 0.25) is 0 Å². The van der Waals surface area contributed by atoms with Gasteiger partial charge in [0.05, 0.1) is 11.7 Å². The summed E-state index contributed by atoms with van der Waals surface area (Å²) in [7, 11) is 3.96. The standard InChI is InChI=1S/C11H14BrN3/c1-13-4-3-8-5-10(12)6-9-7-14-15(2)11(8)9/h5-7,13H,3-4H2,1-2H3. The van der Waals surface area contributed by atoms with E-state index >= 15 is 0 Å². The van der Waals surface area contributed by atoms with Crippen molar-refractivity contribution in [1.82, 2.24) is 15.1 Å². The topological polar surface area (TPSA) is 29.9 Å². The third kappa shape index (κ3) is 2.06. The number of fused-ring (bicyclic) bond motifs is 1. The Morgan fingerprint density at radius 2 is 2.27 bits per heavy atom. The fourth-order valence-electron chi connectivity index (χ4n) is 1.83. The van der Waals surface area contributed by atoms with E-state index in [1.165, 1.54) is 16.5 Å². The van der Waals surface area contributed by atoms with Crippen molar-refractivity contribution in [2.45, 2.75) is 6.42 Å². The van der Waals surface area contributed by atoms with E-state index in [1.807, 2.05) is 25.0 Å². The van der Waals surface area contributed by atoms with Crippen LogP contribution in [-0.4, -0.2) is 23.4 Å². The van der Waals surface area contributed by atoms with E-state index in [9.17, 15) is 0 Å². The quantitative estimate of drug-likeness (QED) is 0.923. The molecule has 1 N–H and O–H groups in total. The van der Waals surface area contributed by atoms with Crippen LogP contribution in [0.2, 0.25) is 0 Å². The first-order valence-electron chi connectivity index (χ1n) is 4.97. The van der Waals surface area contributed by atoms with E-state index in [4.69, 9.17) is 0 Å². The summed E-state index contributed by atoms with van der Waals surface area (Å²) in [5.74, 6) is 0. The van der Waals surface area contributed by atoms with Crippen LogP contribution in [0.4, 0.5) is 0 Å². The summed E-state index contributed by atoms with van der Waals surface area (Å²) in [6, 6.07) is 4.27. The van der Waals surface area contributed by atoms with Crippen molar-refractivity contribution < 1.29 is 0 Å². The maximum Gasteiger partial charge on any atom is 0.0712 e. The summed E-state index contributed by atoms with van der Waals surface area (Å²) >= 11 is 3.53. The number of aryl methyl sites for hydroxylation is 1. The molecule has 2 aromatic rings. The normalized spacial score (nSPS) is 11.1. The summed E-state index contributed by atoms with van der Waals surface area (Å²) in [6.07, 6.45) is 2.93. The van der Waals surface area contributed by atoms with Crippen LogP contribution in [0.15, 0.2) is 22.8 Å². The van der Waals surface area contributed by atoms with E-state index in [1.54, 1.807) is 0 Å². The Morgan fingerprint density at radius 3 is 3.00 bits per heavy atom. The highest BCUT2D eigenvalue weighted by atomic mass is 79.9. The van der Waals surface area contributed by atoms with E-state index < -0.39 is 0 Å². The Balaban J connectivity index is 2.53. The molecule has 4 heteroatoms. The van der Waals surface area contributed by atoms with Gasteiger partial charge in [-0.1, -0.05) is 15.9 Å². The van der Waals surface area contributed by atoms with Crippen molar-refractivity contribution in [3.05, 3.63) is 28.4 Å². The van der Waals surface area contributed by atoms with Gasteiger partial charge in [-0.3, -0.25) is 4.68 Å². The first-order chi connectivity index (χ1) is 7.22. The van der Waals surface area contributed by atoms with Crippen molar-refractivity contribution in [3.8, 4) is 0 Å². The molecule has 80 valence electrons. The van der Waals surface area contributed by atoms with Crippen molar-refractivity contribution in [3.63, 3.8) is 0 Å². The summed E-state index contributed by atoms with van der Waals surface area (Å²) in [5.41, 5.74) is 2.56. The zero-order valence-corrected chi connectivity index (χ0v) is 10.5. The summed E-state index contributed by atoms with van der Waals surface area (Å²) in [6.45, 7) is 0.983. The van der Waals surface area contributed by atoms with Crippen LogP contribution in [0, 0.1) is 0 Å². The molecule has 0 aliphatic heterocycles. The molecule has 2 rings (SSSR count). The smallest absolute Gasteiger partial charge is 0.0712 e. The molecular formula is C11H14BrN3. The minimum absolute atomic E-state index is 0.983. The number of hydrogen-bond acceptors (Lipinski definition) is 2. The number of nitrogens with one attached hydrogen (secondary N) is 1. The highest BCUT2D eigenvalue weighted by Crippen LogP contribution is 2.24. The van der Waals surface area contributed by atoms with Crippen LogP contribution in [0.3, 0.4) is 0 Å². The predicted octanol–water partition coefficient (Wildman–Crippen LogP) is 2.10. The lowest BCUT2D eigenvalue weighted by Gasteiger charge is -2.05. The van der Waals surface area contributed by atoms with Gasteiger partial charge < -0.3 is 5.32 Å². The monoisotopic (exact) mass is 267 g/mol. The molecule has 0 spiro atoms. The molecule has 0 saturated carbocycles. The molecule has 0 radical (unpaired) electrons. The highest BCUT2D eigenvalue weighted by Gasteiger charge is 2.06. The van der Waals surface area contributed by atoms with Gasteiger partial charge in [0, 0.05) is 16.9 Å². The number of rotatable bonds is 3. The molecule has 0 amide bonds. The van der Waals surface area contributed by atoms with Gasteiger partial charge in [-0.25, -0.2) is 0 Å². The molecule has 0 aliphatic rings. The fourth-order valence-corrected chi connectivity index (χ4v) is 2.35. The molecule has 0 saturated heterocycles. The SMILES string of the molecule is CNCCc1cc(Br)cc2cnn(C)c12. The zero-order valence-electron chi connectivity index (χ0n) is 8.92. The zero-order chi connectivity index (χ0) is 10.8. The predicted molar refractivity (Wildman–Crippen MR) is 66.0 cm³/mol. The van der Waals surface area contributed by atoms with Crippen LogP contribution in [0.1, 0.15) is 5.56 Å². The molecule has 0 unspecified atom stereocenters. The van der Waals surface area contributed by atoms with Crippen molar-refractivity contribution in [2.24, 2.45) is 7.05 Å². The van der Waals surface area contributed by atoms with E-state index in [0.29, 0.717) is 0 Å². The summed E-state index contributed by atoms with van der Waals surface area (Å²) in [5, 5.41) is 8.64. The van der Waals surface area contributed by atoms with E-state index in [0.717, 1.165) is 17.4 Å². The molecule has 1 aromatic heterocycles. The fraction of sp³-hybridized carbons (Fsp3) is 0.364. The van der Waals surface area contributed by atoms with Crippen molar-refractivity contribution in [2.75, 3.05) is 13.6 Å². The van der Waals surface area contributed by atoms with Crippen LogP contribution >= 0.6 is 15.9 Å². The lowest BCUT2D eigenvalue weighted by atomic mass is 10.1. The number of hydrogen-bond donors (Lipinski definition) is 1. The van der Waals surface area contributed by atoms with E-state index in [2.05, 4.69) is 38.5 Å². The maximum atomic E-state index is 4.28. The number of likely N-dealkylation sites (N-methyl/N-ethyl adjacent to an activating group) is 1. The Kier molecular flexibility index (Phi) is 3.07. The first-order valence-corrected chi connectivity index (χ1v) is 5.76. The first kappa shape index (κ1) is 10.6. The number of benzene rings is 1. The molecular weight excluding hydrogens is 254 g/mol. The lowest BCUT2D eigenvalue weighted by Crippen LogP contribution is -2.11. The molecule has 0 fully saturated rings. The van der Waals surface area contributed by atoms with Crippen LogP contribution < -0.4 is 5.32 Å². The Bertz CT molecular complexity index is 476. The maximum absolute atomic E-state index is 4.28. The molecule has 1 heterocycles. The van der Waals surface area contributed by atoms with Gasteiger partial charge in [-0.15, -0.1) is 0 Å². The van der Waals surface area contributed by atoms with Crippen LogP contribution in [0.5, 0.6) is 0 Å². The minimum atomic E-state index is 0.983. The second-order valence-electron chi connectivity index (χ2n) is 3.62. The van der Waals surface area contributed by atoms with Gasteiger partial charge in [0.1, 0.15) is 0 Å². The Labute approximate surface area is 97.6 Å². The minimum Gasteiger partial charge on any atom is -0.319 e. The van der Waals surface area contributed by atoms with Crippen LogP contribution in [0.25, 0.3) is 10.9 Å². The van der Waals surface area contributed by atoms with Gasteiger partial charge in [-0.05, 0) is 37.7 Å². The molecule has 0 atom stereocenters. The summed E-state index contributed by atoms with van der Waals surface area (Å²) < 4.78 is 3.06. The van der Waals surface area contributed by atoms with Crippen LogP contribution in [-0.2, 0) is 13.5 Å². The number of nitrogens with zero attached hydrogens (tertiary/aromatic N) is 2. The van der Waals surface area contributed by atoms with E-state index in [-0.39, 0.29) is 0 Å². The van der Waals surface area contributed by atoms with Gasteiger partial charge in [-0.2, -0.15) is 5.10 Å². The second kappa shape index (κ2) is 4.33. The van der Waals surface area contributed by atoms with Gasteiger partial charge in [0.15, 0.2) is 0 Å². The summed E-state index contributed by atoms with van der Waals surface area (Å²) in [4.78, 5) is 0. The molecule has 3 nitrogen and oxygen atoms in total. The van der Waals surface area contributed by atoms with Crippen molar-refractivity contribution in [1.29, 1.82) is 0 Å². The third-order valence-electron chi connectivity index (χ3n) is 2.52. The Morgan fingerprint density at radius 1 is 1.47 bits per heavy atom. The van der Waals surface area contributed by atoms with Gasteiger partial charge >= 0.3 is 0 Å². The second-order valence-corrected chi connectivity index (χ2v) is 4.54. The number of aromatic nitrogens is 2. The Hall–Kier alpha value is -0.870. The average Bonchev–Trinajstić information content (AvgIpc) is 2.56. The highest BCUT2D eigenvalue weighted by molar-refractivity contribution is 9.10.